The highest BCUT2D eigenvalue weighted by molar-refractivity contribution is 5.79. The molecule has 1 aromatic rings. The lowest BCUT2D eigenvalue weighted by Gasteiger charge is -2.24. The second-order valence-electron chi connectivity index (χ2n) is 6.16. The summed E-state index contributed by atoms with van der Waals surface area (Å²) in [4.78, 5) is 8.82. The van der Waals surface area contributed by atoms with E-state index in [2.05, 4.69) is 34.1 Å². The third-order valence-corrected chi connectivity index (χ3v) is 4.15. The maximum Gasteiger partial charge on any atom is 0.193 e. The highest BCUT2D eigenvalue weighted by Gasteiger charge is 2.11. The van der Waals surface area contributed by atoms with Crippen LogP contribution in [-0.2, 0) is 6.54 Å². The summed E-state index contributed by atoms with van der Waals surface area (Å²) in [6.07, 6.45) is 2.47. The molecule has 0 heterocycles. The van der Waals surface area contributed by atoms with Crippen LogP contribution in [0.25, 0.3) is 0 Å². The molecule has 0 bridgehead atoms. The molecule has 25 heavy (non-hydrogen) atoms. The van der Waals surface area contributed by atoms with Crippen molar-refractivity contribution in [3.63, 3.8) is 0 Å². The molecule has 0 amide bonds. The largest absolute Gasteiger partial charge is 0.497 e. The van der Waals surface area contributed by atoms with E-state index in [1.165, 1.54) is 12.8 Å². The third kappa shape index (κ3) is 7.22. The van der Waals surface area contributed by atoms with Crippen molar-refractivity contribution >= 4 is 5.96 Å². The highest BCUT2D eigenvalue weighted by Crippen LogP contribution is 2.25. The first-order valence-electron chi connectivity index (χ1n) is 8.86. The minimum Gasteiger partial charge on any atom is -0.497 e. The van der Waals surface area contributed by atoms with Gasteiger partial charge in [0.15, 0.2) is 5.96 Å². The molecule has 1 rings (SSSR count). The summed E-state index contributed by atoms with van der Waals surface area (Å²) >= 11 is 0. The zero-order chi connectivity index (χ0) is 18.7. The standard InChI is InChI=1S/C19H34N4O2/c1-7-8-12-22(3)13-11-21-19(20-2)23(4)15-16-9-10-17(24-5)14-18(16)25-6/h9-10,14H,7-8,11-13,15H2,1-6H3,(H,20,21). The molecule has 142 valence electrons. The van der Waals surface area contributed by atoms with E-state index in [4.69, 9.17) is 9.47 Å². The molecule has 6 nitrogen and oxygen atoms in total. The molecule has 0 fully saturated rings. The van der Waals surface area contributed by atoms with Crippen molar-refractivity contribution < 1.29 is 9.47 Å². The second kappa shape index (κ2) is 11.6. The van der Waals surface area contributed by atoms with Crippen molar-refractivity contribution in [3.8, 4) is 11.5 Å². The van der Waals surface area contributed by atoms with Crippen molar-refractivity contribution in [1.82, 2.24) is 15.1 Å². The van der Waals surface area contributed by atoms with E-state index in [-0.39, 0.29) is 0 Å². The molecule has 0 aliphatic heterocycles. The topological polar surface area (TPSA) is 49.3 Å². The van der Waals surface area contributed by atoms with Gasteiger partial charge in [0, 0.05) is 45.4 Å². The minimum atomic E-state index is 0.707. The van der Waals surface area contributed by atoms with Crippen LogP contribution in [0.5, 0.6) is 11.5 Å². The first kappa shape index (κ1) is 21.1. The Labute approximate surface area is 152 Å². The van der Waals surface area contributed by atoms with E-state index in [0.29, 0.717) is 6.54 Å². The molecule has 0 unspecified atom stereocenters. The van der Waals surface area contributed by atoms with Crippen molar-refractivity contribution in [2.75, 3.05) is 55.0 Å². The van der Waals surface area contributed by atoms with Crippen LogP contribution in [0.4, 0.5) is 0 Å². The number of unbranched alkanes of at least 4 members (excludes halogenated alkanes) is 1. The van der Waals surface area contributed by atoms with E-state index in [0.717, 1.165) is 42.7 Å². The Morgan fingerprint density at radius 2 is 1.92 bits per heavy atom. The van der Waals surface area contributed by atoms with Crippen LogP contribution in [0.1, 0.15) is 25.3 Å². The van der Waals surface area contributed by atoms with Gasteiger partial charge < -0.3 is 24.6 Å². The molecule has 0 aliphatic rings. The lowest BCUT2D eigenvalue weighted by atomic mass is 10.2. The molecule has 0 aromatic heterocycles. The number of nitrogens with zero attached hydrogens (tertiary/aromatic N) is 3. The Bertz CT molecular complexity index is 534. The van der Waals surface area contributed by atoms with Gasteiger partial charge in [-0.3, -0.25) is 4.99 Å². The van der Waals surface area contributed by atoms with Gasteiger partial charge in [-0.15, -0.1) is 0 Å². The molecule has 1 N–H and O–H groups in total. The summed E-state index contributed by atoms with van der Waals surface area (Å²) in [5.41, 5.74) is 1.09. The van der Waals surface area contributed by atoms with Gasteiger partial charge in [0.05, 0.1) is 14.2 Å². The van der Waals surface area contributed by atoms with Crippen molar-refractivity contribution in [2.24, 2.45) is 4.99 Å². The van der Waals surface area contributed by atoms with Crippen LogP contribution in [-0.4, -0.2) is 70.8 Å². The fourth-order valence-corrected chi connectivity index (χ4v) is 2.60. The summed E-state index contributed by atoms with van der Waals surface area (Å²) in [5.74, 6) is 2.49. The molecule has 0 saturated carbocycles. The molecule has 1 aromatic carbocycles. The van der Waals surface area contributed by atoms with Gasteiger partial charge in [0.2, 0.25) is 0 Å². The Balaban J connectivity index is 2.58. The Morgan fingerprint density at radius 1 is 1.16 bits per heavy atom. The summed E-state index contributed by atoms with van der Waals surface area (Å²) < 4.78 is 10.7. The number of likely N-dealkylation sites (N-methyl/N-ethyl adjacent to an activating group) is 1. The fourth-order valence-electron chi connectivity index (χ4n) is 2.60. The number of methoxy groups -OCH3 is 2. The molecule has 0 spiro atoms. The number of aliphatic imine (C=N–C) groups is 1. The number of rotatable bonds is 10. The Morgan fingerprint density at radius 3 is 2.52 bits per heavy atom. The van der Waals surface area contributed by atoms with Crippen molar-refractivity contribution in [2.45, 2.75) is 26.3 Å². The van der Waals surface area contributed by atoms with E-state index in [9.17, 15) is 0 Å². The summed E-state index contributed by atoms with van der Waals surface area (Å²) in [6.45, 7) is 5.93. The SMILES string of the molecule is CCCCN(C)CCNC(=NC)N(C)Cc1ccc(OC)cc1OC. The van der Waals surface area contributed by atoms with Gasteiger partial charge in [0.25, 0.3) is 0 Å². The average molecular weight is 351 g/mol. The second-order valence-corrected chi connectivity index (χ2v) is 6.16. The number of ether oxygens (including phenoxy) is 2. The van der Waals surface area contributed by atoms with Gasteiger partial charge in [-0.05, 0) is 32.1 Å². The zero-order valence-electron chi connectivity index (χ0n) is 16.6. The number of guanidine groups is 1. The van der Waals surface area contributed by atoms with Crippen LogP contribution in [0, 0.1) is 0 Å². The molecule has 6 heteroatoms. The summed E-state index contributed by atoms with van der Waals surface area (Å²) in [6, 6.07) is 5.88. The van der Waals surface area contributed by atoms with E-state index < -0.39 is 0 Å². The Hall–Kier alpha value is -1.95. The van der Waals surface area contributed by atoms with Crippen LogP contribution in [0.3, 0.4) is 0 Å². The first-order chi connectivity index (χ1) is 12.0. The van der Waals surface area contributed by atoms with Gasteiger partial charge in [-0.2, -0.15) is 0 Å². The average Bonchev–Trinajstić information content (AvgIpc) is 2.63. The third-order valence-electron chi connectivity index (χ3n) is 4.15. The molecule has 0 saturated heterocycles. The van der Waals surface area contributed by atoms with E-state index >= 15 is 0 Å². The maximum atomic E-state index is 5.48. The lowest BCUT2D eigenvalue weighted by Crippen LogP contribution is -2.41. The lowest BCUT2D eigenvalue weighted by molar-refractivity contribution is 0.329. The normalized spacial score (nSPS) is 11.6. The van der Waals surface area contributed by atoms with Crippen molar-refractivity contribution in [1.29, 1.82) is 0 Å². The van der Waals surface area contributed by atoms with Crippen LogP contribution in [0.2, 0.25) is 0 Å². The monoisotopic (exact) mass is 350 g/mol. The Kier molecular flexibility index (Phi) is 9.77. The maximum absolute atomic E-state index is 5.48. The van der Waals surface area contributed by atoms with Crippen LogP contribution in [0.15, 0.2) is 23.2 Å². The number of hydrogen-bond donors (Lipinski definition) is 1. The van der Waals surface area contributed by atoms with Crippen molar-refractivity contribution in [3.05, 3.63) is 23.8 Å². The molecular formula is C19H34N4O2. The number of hydrogen-bond acceptors (Lipinski definition) is 4. The molecule has 0 aliphatic carbocycles. The van der Waals surface area contributed by atoms with E-state index in [1.54, 1.807) is 14.2 Å². The fraction of sp³-hybridized carbons (Fsp3) is 0.632. The number of nitrogens with one attached hydrogen (secondary N) is 1. The summed E-state index contributed by atoms with van der Waals surface area (Å²) in [5, 5.41) is 3.43. The van der Waals surface area contributed by atoms with Crippen LogP contribution < -0.4 is 14.8 Å². The van der Waals surface area contributed by atoms with Gasteiger partial charge in [0.1, 0.15) is 11.5 Å². The molecule has 0 atom stereocenters. The molecular weight excluding hydrogens is 316 g/mol. The molecule has 0 radical (unpaired) electrons. The smallest absolute Gasteiger partial charge is 0.193 e. The van der Waals surface area contributed by atoms with Gasteiger partial charge in [-0.1, -0.05) is 13.3 Å². The van der Waals surface area contributed by atoms with Gasteiger partial charge in [-0.25, -0.2) is 0 Å². The minimum absolute atomic E-state index is 0.707. The van der Waals surface area contributed by atoms with Crippen LogP contribution >= 0.6 is 0 Å². The number of benzene rings is 1. The van der Waals surface area contributed by atoms with E-state index in [1.807, 2.05) is 32.3 Å². The first-order valence-corrected chi connectivity index (χ1v) is 8.86. The quantitative estimate of drug-likeness (QED) is 0.519. The zero-order valence-corrected chi connectivity index (χ0v) is 16.6. The van der Waals surface area contributed by atoms with Gasteiger partial charge >= 0.3 is 0 Å². The predicted molar refractivity (Wildman–Crippen MR) is 105 cm³/mol. The highest BCUT2D eigenvalue weighted by atomic mass is 16.5. The predicted octanol–water partition coefficient (Wildman–Crippen LogP) is 2.44. The summed E-state index contributed by atoms with van der Waals surface area (Å²) in [7, 11) is 9.33.